The fraction of sp³-hybridized carbons (Fsp3) is 0.0526. The van der Waals surface area contributed by atoms with E-state index in [0.29, 0.717) is 21.2 Å². The predicted octanol–water partition coefficient (Wildman–Crippen LogP) is 5.90. The normalized spacial score (nSPS) is 11.2. The Kier molecular flexibility index (Phi) is 5.48. The van der Waals surface area contributed by atoms with Gasteiger partial charge in [-0.3, -0.25) is 0 Å². The molecule has 1 aromatic heterocycles. The summed E-state index contributed by atoms with van der Waals surface area (Å²) in [6.45, 7) is 0. The Labute approximate surface area is 164 Å². The Morgan fingerprint density at radius 1 is 1.27 bits per heavy atom. The first kappa shape index (κ1) is 18.3. The van der Waals surface area contributed by atoms with Crippen molar-refractivity contribution in [3.05, 3.63) is 62.4 Å². The molecule has 0 unspecified atom stereocenters. The van der Waals surface area contributed by atoms with Crippen LogP contribution >= 0.6 is 34.5 Å². The molecule has 0 aliphatic rings. The lowest BCUT2D eigenvalue weighted by Crippen LogP contribution is -1.87. The molecule has 130 valence electrons. The molecule has 1 heterocycles. The Morgan fingerprint density at radius 2 is 2.00 bits per heavy atom. The molecule has 0 aliphatic heterocycles. The van der Waals surface area contributed by atoms with Crippen LogP contribution in [0.2, 0.25) is 10.0 Å². The third-order valence-corrected chi connectivity index (χ3v) is 4.99. The van der Waals surface area contributed by atoms with Crippen LogP contribution in [0.1, 0.15) is 10.6 Å². The standard InChI is InChI=1S/C19H12Cl2N2O2S/c1-25-17-8-11(7-15(21)18(17)24)6-13(9-22)19-23-16(10-26-19)12-2-4-14(20)5-3-12/h2-8,10,24H,1H3/b13-6+. The smallest absolute Gasteiger partial charge is 0.176 e. The van der Waals surface area contributed by atoms with Crippen molar-refractivity contribution in [2.75, 3.05) is 7.11 Å². The minimum atomic E-state index is -0.135. The van der Waals surface area contributed by atoms with Gasteiger partial charge in [0.15, 0.2) is 11.5 Å². The first-order valence-corrected chi connectivity index (χ1v) is 9.05. The van der Waals surface area contributed by atoms with E-state index in [9.17, 15) is 10.4 Å². The van der Waals surface area contributed by atoms with Gasteiger partial charge in [-0.1, -0.05) is 35.3 Å². The molecule has 0 spiro atoms. The van der Waals surface area contributed by atoms with Crippen molar-refractivity contribution in [2.45, 2.75) is 0 Å². The van der Waals surface area contributed by atoms with E-state index < -0.39 is 0 Å². The molecule has 0 saturated heterocycles. The average molecular weight is 403 g/mol. The van der Waals surface area contributed by atoms with Gasteiger partial charge in [0.1, 0.15) is 11.1 Å². The highest BCUT2D eigenvalue weighted by Crippen LogP contribution is 2.36. The third-order valence-electron chi connectivity index (χ3n) is 3.58. The van der Waals surface area contributed by atoms with Gasteiger partial charge in [-0.2, -0.15) is 5.26 Å². The molecule has 26 heavy (non-hydrogen) atoms. The molecule has 0 saturated carbocycles. The lowest BCUT2D eigenvalue weighted by atomic mass is 10.1. The molecule has 2 aromatic carbocycles. The van der Waals surface area contributed by atoms with E-state index in [1.807, 2.05) is 17.5 Å². The fourth-order valence-electron chi connectivity index (χ4n) is 2.29. The molecular weight excluding hydrogens is 391 g/mol. The number of nitriles is 1. The molecule has 3 aromatic rings. The van der Waals surface area contributed by atoms with Crippen molar-refractivity contribution >= 4 is 46.2 Å². The van der Waals surface area contributed by atoms with Gasteiger partial charge in [0.2, 0.25) is 0 Å². The molecule has 0 aliphatic carbocycles. The molecule has 0 fully saturated rings. The number of benzene rings is 2. The van der Waals surface area contributed by atoms with Crippen molar-refractivity contribution in [3.8, 4) is 28.8 Å². The second-order valence-corrected chi connectivity index (χ2v) is 6.97. The fourth-order valence-corrected chi connectivity index (χ4v) is 3.43. The zero-order valence-electron chi connectivity index (χ0n) is 13.5. The van der Waals surface area contributed by atoms with E-state index in [0.717, 1.165) is 11.3 Å². The topological polar surface area (TPSA) is 66.1 Å². The van der Waals surface area contributed by atoms with E-state index >= 15 is 0 Å². The van der Waals surface area contributed by atoms with E-state index in [1.54, 1.807) is 30.3 Å². The summed E-state index contributed by atoms with van der Waals surface area (Å²) in [4.78, 5) is 4.53. The number of aromatic nitrogens is 1. The van der Waals surface area contributed by atoms with Crippen molar-refractivity contribution in [1.82, 2.24) is 4.98 Å². The highest BCUT2D eigenvalue weighted by Gasteiger charge is 2.12. The highest BCUT2D eigenvalue weighted by molar-refractivity contribution is 7.11. The van der Waals surface area contributed by atoms with Gasteiger partial charge in [0.05, 0.1) is 23.4 Å². The summed E-state index contributed by atoms with van der Waals surface area (Å²) < 4.78 is 5.09. The summed E-state index contributed by atoms with van der Waals surface area (Å²) in [6.07, 6.45) is 1.65. The number of allylic oxidation sites excluding steroid dienone is 1. The number of aromatic hydroxyl groups is 1. The van der Waals surface area contributed by atoms with Crippen LogP contribution in [0.15, 0.2) is 41.8 Å². The van der Waals surface area contributed by atoms with Crippen molar-refractivity contribution < 1.29 is 9.84 Å². The van der Waals surface area contributed by atoms with Crippen molar-refractivity contribution in [3.63, 3.8) is 0 Å². The van der Waals surface area contributed by atoms with E-state index in [4.69, 9.17) is 27.9 Å². The summed E-state index contributed by atoms with van der Waals surface area (Å²) >= 11 is 13.3. The van der Waals surface area contributed by atoms with E-state index in [2.05, 4.69) is 11.1 Å². The first-order chi connectivity index (χ1) is 12.5. The lowest BCUT2D eigenvalue weighted by Gasteiger charge is -2.06. The number of thiazole rings is 1. The summed E-state index contributed by atoms with van der Waals surface area (Å²) in [7, 11) is 1.43. The number of nitrogens with zero attached hydrogens (tertiary/aromatic N) is 2. The quantitative estimate of drug-likeness (QED) is 0.551. The number of halogens is 2. The Morgan fingerprint density at radius 3 is 2.65 bits per heavy atom. The maximum absolute atomic E-state index is 9.82. The first-order valence-electron chi connectivity index (χ1n) is 7.42. The maximum Gasteiger partial charge on any atom is 0.176 e. The Balaban J connectivity index is 1.97. The van der Waals surface area contributed by atoms with Crippen LogP contribution in [0, 0.1) is 11.3 Å². The van der Waals surface area contributed by atoms with Gasteiger partial charge in [-0.15, -0.1) is 11.3 Å². The van der Waals surface area contributed by atoms with E-state index in [1.165, 1.54) is 18.4 Å². The molecule has 0 amide bonds. The lowest BCUT2D eigenvalue weighted by molar-refractivity contribution is 0.373. The second-order valence-electron chi connectivity index (χ2n) is 5.27. The van der Waals surface area contributed by atoms with Gasteiger partial charge in [0.25, 0.3) is 0 Å². The van der Waals surface area contributed by atoms with Gasteiger partial charge >= 0.3 is 0 Å². The third kappa shape index (κ3) is 3.83. The molecule has 4 nitrogen and oxygen atoms in total. The largest absolute Gasteiger partial charge is 0.503 e. The predicted molar refractivity (Wildman–Crippen MR) is 106 cm³/mol. The van der Waals surface area contributed by atoms with Crippen LogP contribution < -0.4 is 4.74 Å². The summed E-state index contributed by atoms with van der Waals surface area (Å²) in [6, 6.07) is 12.7. The average Bonchev–Trinajstić information content (AvgIpc) is 3.13. The molecule has 0 radical (unpaired) electrons. The summed E-state index contributed by atoms with van der Waals surface area (Å²) in [5.74, 6) is 0.103. The van der Waals surface area contributed by atoms with Gasteiger partial charge in [0, 0.05) is 16.0 Å². The number of methoxy groups -OCH3 is 1. The van der Waals surface area contributed by atoms with Crippen LogP contribution in [0.4, 0.5) is 0 Å². The monoisotopic (exact) mass is 402 g/mol. The SMILES string of the molecule is COc1cc(/C=C(\C#N)c2nc(-c3ccc(Cl)cc3)cs2)cc(Cl)c1O. The molecule has 0 bridgehead atoms. The number of phenols is 1. The van der Waals surface area contributed by atoms with Gasteiger partial charge < -0.3 is 9.84 Å². The maximum atomic E-state index is 9.82. The van der Waals surface area contributed by atoms with Crippen LogP contribution in [0.3, 0.4) is 0 Å². The molecule has 7 heteroatoms. The molecular formula is C19H12Cl2N2O2S. The van der Waals surface area contributed by atoms with Crippen LogP contribution in [0.5, 0.6) is 11.5 Å². The zero-order valence-corrected chi connectivity index (χ0v) is 15.9. The zero-order chi connectivity index (χ0) is 18.7. The minimum absolute atomic E-state index is 0.135. The molecule has 3 rings (SSSR count). The Bertz CT molecular complexity index is 1020. The van der Waals surface area contributed by atoms with E-state index in [-0.39, 0.29) is 16.5 Å². The van der Waals surface area contributed by atoms with Crippen molar-refractivity contribution in [2.24, 2.45) is 0 Å². The number of hydrogen-bond acceptors (Lipinski definition) is 5. The number of rotatable bonds is 4. The second kappa shape index (κ2) is 7.79. The number of phenolic OH excluding ortho intramolecular Hbond substituents is 1. The molecule has 1 N–H and O–H groups in total. The molecule has 0 atom stereocenters. The van der Waals surface area contributed by atoms with Gasteiger partial charge in [-0.05, 0) is 35.9 Å². The Hall–Kier alpha value is -2.52. The van der Waals surface area contributed by atoms with Crippen LogP contribution in [-0.2, 0) is 0 Å². The van der Waals surface area contributed by atoms with Crippen molar-refractivity contribution in [1.29, 1.82) is 5.26 Å². The summed E-state index contributed by atoms with van der Waals surface area (Å²) in [5.41, 5.74) is 2.70. The van der Waals surface area contributed by atoms with Gasteiger partial charge in [-0.25, -0.2) is 4.98 Å². The number of ether oxygens (including phenoxy) is 1. The summed E-state index contributed by atoms with van der Waals surface area (Å²) in [5, 5.41) is 22.6. The minimum Gasteiger partial charge on any atom is -0.503 e. The number of hydrogen-bond donors (Lipinski definition) is 1. The van der Waals surface area contributed by atoms with Crippen LogP contribution in [-0.4, -0.2) is 17.2 Å². The van der Waals surface area contributed by atoms with Crippen LogP contribution in [0.25, 0.3) is 22.9 Å². The highest BCUT2D eigenvalue weighted by atomic mass is 35.5.